The molecule has 0 heterocycles. The molecule has 0 saturated carbocycles. The van der Waals surface area contributed by atoms with Crippen LogP contribution in [0.1, 0.15) is 12.5 Å². The number of rotatable bonds is 5. The smallest absolute Gasteiger partial charge is 0.309 e. The largest absolute Gasteiger partial charge is 0.401 e. The molecule has 1 unspecified atom stereocenters. The quantitative estimate of drug-likeness (QED) is 0.893. The Hall–Kier alpha value is -1.58. The van der Waals surface area contributed by atoms with E-state index >= 15 is 0 Å². The minimum atomic E-state index is -4.30. The summed E-state index contributed by atoms with van der Waals surface area (Å²) in [5, 5.41) is 9.20. The van der Waals surface area contributed by atoms with Gasteiger partial charge in [-0.15, -0.1) is 0 Å². The standard InChI is InChI=1S/C13H16F3N3/c1-2-19(10-13(14,15)16)9-12(18,8-17)11-6-4-3-5-7-11/h3-7H,2,9-10,18H2,1H3. The van der Waals surface area contributed by atoms with Gasteiger partial charge in [-0.2, -0.15) is 18.4 Å². The molecule has 0 amide bonds. The van der Waals surface area contributed by atoms with Gasteiger partial charge in [-0.05, 0) is 12.1 Å². The predicted molar refractivity (Wildman–Crippen MR) is 66.1 cm³/mol. The van der Waals surface area contributed by atoms with Gasteiger partial charge in [-0.25, -0.2) is 0 Å². The van der Waals surface area contributed by atoms with Crippen molar-refractivity contribution in [3.8, 4) is 6.07 Å². The van der Waals surface area contributed by atoms with Crippen LogP contribution >= 0.6 is 0 Å². The zero-order chi connectivity index (χ0) is 14.5. The van der Waals surface area contributed by atoms with E-state index in [2.05, 4.69) is 0 Å². The Labute approximate surface area is 110 Å². The fourth-order valence-corrected chi connectivity index (χ4v) is 1.81. The topological polar surface area (TPSA) is 53.0 Å². The number of nitrogens with zero attached hydrogens (tertiary/aromatic N) is 2. The lowest BCUT2D eigenvalue weighted by molar-refractivity contribution is -0.146. The summed E-state index contributed by atoms with van der Waals surface area (Å²) in [6.07, 6.45) is -4.30. The Kier molecular flexibility index (Phi) is 4.92. The maximum absolute atomic E-state index is 12.4. The van der Waals surface area contributed by atoms with Gasteiger partial charge in [0, 0.05) is 6.54 Å². The maximum Gasteiger partial charge on any atom is 0.401 e. The second-order valence-corrected chi connectivity index (χ2v) is 4.37. The summed E-state index contributed by atoms with van der Waals surface area (Å²) in [5.41, 5.74) is 5.01. The molecular formula is C13H16F3N3. The van der Waals surface area contributed by atoms with Gasteiger partial charge in [-0.1, -0.05) is 37.3 Å². The summed E-state index contributed by atoms with van der Waals surface area (Å²) in [5.74, 6) is 0. The number of likely N-dealkylation sites (N-methyl/N-ethyl adjacent to an activating group) is 1. The van der Waals surface area contributed by atoms with Crippen LogP contribution in [0.5, 0.6) is 0 Å². The first-order valence-electron chi connectivity index (χ1n) is 5.85. The summed E-state index contributed by atoms with van der Waals surface area (Å²) in [6.45, 7) is 0.544. The van der Waals surface area contributed by atoms with E-state index < -0.39 is 18.3 Å². The third kappa shape index (κ3) is 4.54. The molecule has 0 fully saturated rings. The fourth-order valence-electron chi connectivity index (χ4n) is 1.81. The van der Waals surface area contributed by atoms with Crippen molar-refractivity contribution in [2.75, 3.05) is 19.6 Å². The average molecular weight is 271 g/mol. The van der Waals surface area contributed by atoms with Crippen LogP contribution in [0.15, 0.2) is 30.3 Å². The Balaban J connectivity index is 2.89. The molecule has 1 aromatic rings. The second kappa shape index (κ2) is 6.04. The van der Waals surface area contributed by atoms with Crippen LogP contribution in [0.2, 0.25) is 0 Å². The molecule has 1 rings (SSSR count). The molecule has 0 aliphatic rings. The molecule has 1 aromatic carbocycles. The number of hydrogen-bond acceptors (Lipinski definition) is 3. The van der Waals surface area contributed by atoms with Crippen molar-refractivity contribution in [2.45, 2.75) is 18.6 Å². The zero-order valence-electron chi connectivity index (χ0n) is 10.6. The first-order chi connectivity index (χ1) is 8.80. The van der Waals surface area contributed by atoms with Gasteiger partial charge in [0.05, 0.1) is 12.6 Å². The highest BCUT2D eigenvalue weighted by Gasteiger charge is 2.35. The normalized spacial score (nSPS) is 15.0. The molecule has 6 heteroatoms. The van der Waals surface area contributed by atoms with Crippen molar-refractivity contribution < 1.29 is 13.2 Å². The first-order valence-corrected chi connectivity index (χ1v) is 5.85. The van der Waals surface area contributed by atoms with Crippen molar-refractivity contribution >= 4 is 0 Å². The third-order valence-corrected chi connectivity index (χ3v) is 2.81. The Bertz CT molecular complexity index is 439. The van der Waals surface area contributed by atoms with E-state index in [0.29, 0.717) is 5.56 Å². The number of nitriles is 1. The van der Waals surface area contributed by atoms with E-state index in [1.165, 1.54) is 0 Å². The molecule has 3 nitrogen and oxygen atoms in total. The van der Waals surface area contributed by atoms with Crippen molar-refractivity contribution in [2.24, 2.45) is 5.73 Å². The lowest BCUT2D eigenvalue weighted by Crippen LogP contribution is -2.49. The summed E-state index contributed by atoms with van der Waals surface area (Å²) in [6, 6.07) is 10.4. The van der Waals surface area contributed by atoms with E-state index in [-0.39, 0.29) is 13.1 Å². The van der Waals surface area contributed by atoms with Gasteiger partial charge in [0.1, 0.15) is 5.54 Å². The van der Waals surface area contributed by atoms with E-state index in [4.69, 9.17) is 5.73 Å². The number of benzene rings is 1. The molecule has 104 valence electrons. The van der Waals surface area contributed by atoms with Crippen molar-refractivity contribution in [1.29, 1.82) is 5.26 Å². The number of hydrogen-bond donors (Lipinski definition) is 1. The van der Waals surface area contributed by atoms with Gasteiger partial charge in [0.25, 0.3) is 0 Å². The number of halogens is 3. The Morgan fingerprint density at radius 1 is 1.21 bits per heavy atom. The van der Waals surface area contributed by atoms with Crippen LogP contribution in [0, 0.1) is 11.3 Å². The monoisotopic (exact) mass is 271 g/mol. The van der Waals surface area contributed by atoms with Crippen LogP contribution in [-0.2, 0) is 5.54 Å². The van der Waals surface area contributed by atoms with Crippen LogP contribution in [0.25, 0.3) is 0 Å². The van der Waals surface area contributed by atoms with Gasteiger partial charge in [0.2, 0.25) is 0 Å². The summed E-state index contributed by atoms with van der Waals surface area (Å²) >= 11 is 0. The van der Waals surface area contributed by atoms with Gasteiger partial charge in [0.15, 0.2) is 0 Å². The van der Waals surface area contributed by atoms with Crippen molar-refractivity contribution in [3.63, 3.8) is 0 Å². The minimum Gasteiger partial charge on any atom is -0.309 e. The SMILES string of the molecule is CCN(CC(F)(F)F)CC(N)(C#N)c1ccccc1. The molecule has 0 radical (unpaired) electrons. The van der Waals surface area contributed by atoms with Crippen LogP contribution in [-0.4, -0.2) is 30.7 Å². The molecule has 0 aliphatic carbocycles. The highest BCUT2D eigenvalue weighted by molar-refractivity contribution is 5.31. The van der Waals surface area contributed by atoms with Crippen LogP contribution < -0.4 is 5.73 Å². The average Bonchev–Trinajstić information content (AvgIpc) is 2.37. The second-order valence-electron chi connectivity index (χ2n) is 4.37. The lowest BCUT2D eigenvalue weighted by Gasteiger charge is -2.30. The molecule has 2 N–H and O–H groups in total. The fraction of sp³-hybridized carbons (Fsp3) is 0.462. The van der Waals surface area contributed by atoms with Gasteiger partial charge < -0.3 is 5.73 Å². The molecule has 0 aromatic heterocycles. The van der Waals surface area contributed by atoms with Crippen LogP contribution in [0.3, 0.4) is 0 Å². The molecule has 0 bridgehead atoms. The van der Waals surface area contributed by atoms with Crippen LogP contribution in [0.4, 0.5) is 13.2 Å². The van der Waals surface area contributed by atoms with Crippen molar-refractivity contribution in [3.05, 3.63) is 35.9 Å². The Morgan fingerprint density at radius 2 is 1.79 bits per heavy atom. The van der Waals surface area contributed by atoms with Crippen molar-refractivity contribution in [1.82, 2.24) is 4.90 Å². The highest BCUT2D eigenvalue weighted by atomic mass is 19.4. The molecule has 0 saturated heterocycles. The van der Waals surface area contributed by atoms with E-state index in [0.717, 1.165) is 4.90 Å². The minimum absolute atomic E-state index is 0.163. The summed E-state index contributed by atoms with van der Waals surface area (Å²) in [4.78, 5) is 1.12. The predicted octanol–water partition coefficient (Wildman–Crippen LogP) is 2.25. The Morgan fingerprint density at radius 3 is 2.21 bits per heavy atom. The molecular weight excluding hydrogens is 255 g/mol. The van der Waals surface area contributed by atoms with E-state index in [9.17, 15) is 18.4 Å². The van der Waals surface area contributed by atoms with Gasteiger partial charge in [-0.3, -0.25) is 4.90 Å². The molecule has 0 aliphatic heterocycles. The highest BCUT2D eigenvalue weighted by Crippen LogP contribution is 2.22. The summed E-state index contributed by atoms with van der Waals surface area (Å²) < 4.78 is 37.2. The zero-order valence-corrected chi connectivity index (χ0v) is 10.6. The summed E-state index contributed by atoms with van der Waals surface area (Å²) in [7, 11) is 0. The van der Waals surface area contributed by atoms with E-state index in [1.54, 1.807) is 37.3 Å². The first kappa shape index (κ1) is 15.5. The molecule has 0 spiro atoms. The third-order valence-electron chi connectivity index (χ3n) is 2.81. The number of nitrogens with two attached hydrogens (primary N) is 1. The molecule has 19 heavy (non-hydrogen) atoms. The lowest BCUT2D eigenvalue weighted by atomic mass is 9.92. The van der Waals surface area contributed by atoms with Gasteiger partial charge >= 0.3 is 6.18 Å². The maximum atomic E-state index is 12.4. The number of alkyl halides is 3. The van der Waals surface area contributed by atoms with E-state index in [1.807, 2.05) is 6.07 Å². The molecule has 1 atom stereocenters.